The Morgan fingerprint density at radius 2 is 1.76 bits per heavy atom. The molecular formula is C19H25Cl2NO3. The Bertz CT molecular complexity index is 665. The van der Waals surface area contributed by atoms with Gasteiger partial charge in [-0.3, -0.25) is 0 Å². The molecule has 6 heteroatoms. The molecule has 2 aromatic carbocycles. The molecule has 0 radical (unpaired) electrons. The van der Waals surface area contributed by atoms with Crippen LogP contribution in [0.4, 0.5) is 0 Å². The van der Waals surface area contributed by atoms with E-state index in [1.807, 2.05) is 37.3 Å². The van der Waals surface area contributed by atoms with Gasteiger partial charge in [-0.1, -0.05) is 29.8 Å². The average Bonchev–Trinajstić information content (AvgIpc) is 2.61. The number of methoxy groups -OCH3 is 2. The Morgan fingerprint density at radius 3 is 2.44 bits per heavy atom. The highest BCUT2D eigenvalue weighted by atomic mass is 35.5. The average molecular weight is 386 g/mol. The second kappa shape index (κ2) is 11.1. The molecule has 0 amide bonds. The van der Waals surface area contributed by atoms with Gasteiger partial charge in [-0.15, -0.1) is 12.4 Å². The maximum absolute atomic E-state index is 6.29. The van der Waals surface area contributed by atoms with E-state index < -0.39 is 0 Å². The van der Waals surface area contributed by atoms with E-state index in [0.29, 0.717) is 29.7 Å². The van der Waals surface area contributed by atoms with Gasteiger partial charge in [-0.05, 0) is 49.2 Å². The van der Waals surface area contributed by atoms with Gasteiger partial charge in [-0.2, -0.15) is 0 Å². The second-order valence-electron chi connectivity index (χ2n) is 5.28. The van der Waals surface area contributed by atoms with E-state index in [4.69, 9.17) is 25.8 Å². The van der Waals surface area contributed by atoms with Gasteiger partial charge in [0.15, 0.2) is 11.5 Å². The third-order valence-corrected chi connectivity index (χ3v) is 3.95. The van der Waals surface area contributed by atoms with Crippen LogP contribution in [0.1, 0.15) is 18.1 Å². The number of ether oxygens (including phenoxy) is 3. The monoisotopic (exact) mass is 385 g/mol. The van der Waals surface area contributed by atoms with Gasteiger partial charge in [0.1, 0.15) is 5.75 Å². The zero-order valence-electron chi connectivity index (χ0n) is 14.8. The summed E-state index contributed by atoms with van der Waals surface area (Å²) in [6, 6.07) is 11.9. The SMILES string of the molecule is CCOc1c(Cl)cc(CNCCc2ccccc2OC)cc1OC.Cl. The Hall–Kier alpha value is -1.62. The number of hydrogen-bond acceptors (Lipinski definition) is 4. The van der Waals surface area contributed by atoms with E-state index in [0.717, 1.165) is 24.3 Å². The molecule has 0 spiro atoms. The maximum atomic E-state index is 6.29. The zero-order chi connectivity index (χ0) is 17.4. The molecule has 1 N–H and O–H groups in total. The lowest BCUT2D eigenvalue weighted by molar-refractivity contribution is 0.311. The second-order valence-corrected chi connectivity index (χ2v) is 5.69. The van der Waals surface area contributed by atoms with E-state index in [-0.39, 0.29) is 12.4 Å². The number of halogens is 2. The molecule has 0 saturated carbocycles. The molecule has 4 nitrogen and oxygen atoms in total. The summed E-state index contributed by atoms with van der Waals surface area (Å²) in [6.07, 6.45) is 0.895. The molecule has 2 aromatic rings. The molecule has 138 valence electrons. The summed E-state index contributed by atoms with van der Waals surface area (Å²) in [5, 5.41) is 3.99. The number of nitrogens with one attached hydrogen (secondary N) is 1. The maximum Gasteiger partial charge on any atom is 0.179 e. The first-order valence-electron chi connectivity index (χ1n) is 8.01. The summed E-state index contributed by atoms with van der Waals surface area (Å²) >= 11 is 6.29. The molecule has 0 bridgehead atoms. The van der Waals surface area contributed by atoms with E-state index in [1.165, 1.54) is 5.56 Å². The highest BCUT2D eigenvalue weighted by Gasteiger charge is 2.11. The first-order valence-corrected chi connectivity index (χ1v) is 8.39. The van der Waals surface area contributed by atoms with Gasteiger partial charge in [0.2, 0.25) is 0 Å². The van der Waals surface area contributed by atoms with E-state index >= 15 is 0 Å². The molecule has 0 atom stereocenters. The van der Waals surface area contributed by atoms with Gasteiger partial charge >= 0.3 is 0 Å². The van der Waals surface area contributed by atoms with Crippen LogP contribution >= 0.6 is 24.0 Å². The van der Waals surface area contributed by atoms with Crippen molar-refractivity contribution in [2.75, 3.05) is 27.4 Å². The predicted molar refractivity (Wildman–Crippen MR) is 105 cm³/mol. The predicted octanol–water partition coefficient (Wildman–Crippen LogP) is 4.51. The van der Waals surface area contributed by atoms with Crippen LogP contribution in [0, 0.1) is 0 Å². The van der Waals surface area contributed by atoms with Crippen molar-refractivity contribution >= 4 is 24.0 Å². The minimum Gasteiger partial charge on any atom is -0.496 e. The van der Waals surface area contributed by atoms with E-state index in [9.17, 15) is 0 Å². The van der Waals surface area contributed by atoms with Crippen LogP contribution in [0.2, 0.25) is 5.02 Å². The fourth-order valence-electron chi connectivity index (χ4n) is 2.52. The van der Waals surface area contributed by atoms with Gasteiger partial charge in [-0.25, -0.2) is 0 Å². The molecule has 25 heavy (non-hydrogen) atoms. The Labute approximate surface area is 160 Å². The Morgan fingerprint density at radius 1 is 1.04 bits per heavy atom. The molecule has 0 saturated heterocycles. The lowest BCUT2D eigenvalue weighted by atomic mass is 10.1. The summed E-state index contributed by atoms with van der Waals surface area (Å²) in [5.41, 5.74) is 2.25. The van der Waals surface area contributed by atoms with Gasteiger partial charge in [0.25, 0.3) is 0 Å². The smallest absolute Gasteiger partial charge is 0.179 e. The number of para-hydroxylation sites is 1. The van der Waals surface area contributed by atoms with Crippen molar-refractivity contribution in [3.05, 3.63) is 52.5 Å². The van der Waals surface area contributed by atoms with Crippen molar-refractivity contribution in [3.63, 3.8) is 0 Å². The molecule has 0 heterocycles. The van der Waals surface area contributed by atoms with Crippen LogP contribution in [-0.2, 0) is 13.0 Å². The summed E-state index contributed by atoms with van der Waals surface area (Å²) in [4.78, 5) is 0. The summed E-state index contributed by atoms with van der Waals surface area (Å²) < 4.78 is 16.3. The van der Waals surface area contributed by atoms with E-state index in [2.05, 4.69) is 11.4 Å². The van der Waals surface area contributed by atoms with Gasteiger partial charge < -0.3 is 19.5 Å². The molecular weight excluding hydrogens is 361 g/mol. The number of benzene rings is 2. The van der Waals surface area contributed by atoms with E-state index in [1.54, 1.807) is 14.2 Å². The van der Waals surface area contributed by atoms with Crippen molar-refractivity contribution in [3.8, 4) is 17.2 Å². The third kappa shape index (κ3) is 5.99. The fourth-order valence-corrected chi connectivity index (χ4v) is 2.81. The van der Waals surface area contributed by atoms with Crippen molar-refractivity contribution in [1.82, 2.24) is 5.32 Å². The third-order valence-electron chi connectivity index (χ3n) is 3.67. The van der Waals surface area contributed by atoms with Crippen molar-refractivity contribution < 1.29 is 14.2 Å². The first-order chi connectivity index (χ1) is 11.7. The normalized spacial score (nSPS) is 10.1. The standard InChI is InChI=1S/C19H24ClNO3.ClH/c1-4-24-19-16(20)11-14(12-18(19)23-3)13-21-10-9-15-7-5-6-8-17(15)22-2;/h5-8,11-12,21H,4,9-10,13H2,1-3H3;1H. The lowest BCUT2D eigenvalue weighted by Crippen LogP contribution is -2.17. The highest BCUT2D eigenvalue weighted by molar-refractivity contribution is 6.32. The highest BCUT2D eigenvalue weighted by Crippen LogP contribution is 2.36. The fraction of sp³-hybridized carbons (Fsp3) is 0.368. The zero-order valence-corrected chi connectivity index (χ0v) is 16.4. The van der Waals surface area contributed by atoms with Crippen LogP contribution in [0.5, 0.6) is 17.2 Å². The van der Waals surface area contributed by atoms with Crippen molar-refractivity contribution in [2.45, 2.75) is 19.9 Å². The molecule has 0 aliphatic rings. The van der Waals surface area contributed by atoms with Crippen LogP contribution in [0.3, 0.4) is 0 Å². The lowest BCUT2D eigenvalue weighted by Gasteiger charge is -2.14. The van der Waals surface area contributed by atoms with Crippen LogP contribution < -0.4 is 19.5 Å². The summed E-state index contributed by atoms with van der Waals surface area (Å²) in [5.74, 6) is 2.18. The largest absolute Gasteiger partial charge is 0.496 e. The molecule has 0 aromatic heterocycles. The first kappa shape index (κ1) is 21.4. The summed E-state index contributed by atoms with van der Waals surface area (Å²) in [7, 11) is 3.31. The molecule has 0 unspecified atom stereocenters. The topological polar surface area (TPSA) is 39.7 Å². The molecule has 0 fully saturated rings. The van der Waals surface area contributed by atoms with Crippen LogP contribution in [0.25, 0.3) is 0 Å². The van der Waals surface area contributed by atoms with Crippen molar-refractivity contribution in [2.24, 2.45) is 0 Å². The molecule has 0 aliphatic carbocycles. The van der Waals surface area contributed by atoms with Gasteiger partial charge in [0, 0.05) is 6.54 Å². The summed E-state index contributed by atoms with van der Waals surface area (Å²) in [6.45, 7) is 4.01. The Kier molecular flexibility index (Phi) is 9.50. The quantitative estimate of drug-likeness (QED) is 0.644. The minimum absolute atomic E-state index is 0. The number of rotatable bonds is 9. The molecule has 2 rings (SSSR count). The minimum atomic E-state index is 0. The Balaban J connectivity index is 0.00000312. The van der Waals surface area contributed by atoms with Gasteiger partial charge in [0.05, 0.1) is 25.8 Å². The van der Waals surface area contributed by atoms with Crippen LogP contribution in [0.15, 0.2) is 36.4 Å². The van der Waals surface area contributed by atoms with Crippen molar-refractivity contribution in [1.29, 1.82) is 0 Å². The van der Waals surface area contributed by atoms with Crippen LogP contribution in [-0.4, -0.2) is 27.4 Å². The molecule has 0 aliphatic heterocycles. The number of hydrogen-bond donors (Lipinski definition) is 1.